The summed E-state index contributed by atoms with van der Waals surface area (Å²) in [6, 6.07) is 6.42. The van der Waals surface area contributed by atoms with E-state index in [0.29, 0.717) is 18.1 Å². The van der Waals surface area contributed by atoms with Gasteiger partial charge in [0.15, 0.2) is 11.0 Å². The topological polar surface area (TPSA) is 55.0 Å². The lowest BCUT2D eigenvalue weighted by atomic mass is 10.2. The molecule has 0 amide bonds. The first-order valence-electron chi connectivity index (χ1n) is 5.43. The predicted molar refractivity (Wildman–Crippen MR) is 70.5 cm³/mol. The van der Waals surface area contributed by atoms with Crippen molar-refractivity contribution in [1.82, 2.24) is 9.97 Å². The predicted octanol–water partition coefficient (Wildman–Crippen LogP) is 3.01. The first-order chi connectivity index (χ1) is 8.65. The molecule has 0 aliphatic heterocycles. The molecule has 0 fully saturated rings. The van der Waals surface area contributed by atoms with Crippen LogP contribution in [0.5, 0.6) is 0 Å². The van der Waals surface area contributed by atoms with Crippen LogP contribution in [-0.2, 0) is 0 Å². The largest absolute Gasteiger partial charge is 0.393 e. The van der Waals surface area contributed by atoms with Gasteiger partial charge in [-0.3, -0.25) is 0 Å². The van der Waals surface area contributed by atoms with Crippen molar-refractivity contribution in [2.75, 3.05) is 17.2 Å². The van der Waals surface area contributed by atoms with Crippen LogP contribution < -0.4 is 10.6 Å². The average Bonchev–Trinajstić information content (AvgIpc) is 2.37. The average molecular weight is 267 g/mol. The maximum Gasteiger partial charge on any atom is 0.161 e. The molecule has 0 saturated heterocycles. The molecular formula is C12H12ClFN4. The Morgan fingerprint density at radius 3 is 2.72 bits per heavy atom. The van der Waals surface area contributed by atoms with E-state index in [1.807, 2.05) is 6.92 Å². The van der Waals surface area contributed by atoms with Crippen LogP contribution in [0.15, 0.2) is 30.6 Å². The number of hydrogen-bond donors (Lipinski definition) is 1. The van der Waals surface area contributed by atoms with Crippen molar-refractivity contribution in [3.63, 3.8) is 0 Å². The molecule has 1 heterocycles. The van der Waals surface area contributed by atoms with Crippen molar-refractivity contribution in [3.05, 3.63) is 41.6 Å². The van der Waals surface area contributed by atoms with E-state index in [4.69, 9.17) is 17.3 Å². The monoisotopic (exact) mass is 266 g/mol. The van der Waals surface area contributed by atoms with Gasteiger partial charge >= 0.3 is 0 Å². The number of anilines is 3. The number of rotatable bonds is 3. The molecule has 4 nitrogen and oxygen atoms in total. The zero-order chi connectivity index (χ0) is 13.1. The van der Waals surface area contributed by atoms with E-state index in [2.05, 4.69) is 9.97 Å². The fourth-order valence-corrected chi connectivity index (χ4v) is 1.81. The quantitative estimate of drug-likeness (QED) is 0.868. The molecule has 0 saturated carbocycles. The molecule has 0 spiro atoms. The highest BCUT2D eigenvalue weighted by Gasteiger charge is 2.17. The van der Waals surface area contributed by atoms with E-state index in [9.17, 15) is 4.39 Å². The molecule has 6 heteroatoms. The molecule has 2 aromatic rings. The van der Waals surface area contributed by atoms with Gasteiger partial charge in [-0.2, -0.15) is 0 Å². The van der Waals surface area contributed by atoms with Gasteiger partial charge in [-0.15, -0.1) is 0 Å². The van der Waals surface area contributed by atoms with Gasteiger partial charge in [0.25, 0.3) is 0 Å². The molecule has 0 bridgehead atoms. The van der Waals surface area contributed by atoms with Gasteiger partial charge in [-0.05, 0) is 19.1 Å². The van der Waals surface area contributed by atoms with Crippen molar-refractivity contribution >= 4 is 28.8 Å². The number of nitrogens with zero attached hydrogens (tertiary/aromatic N) is 3. The molecule has 0 atom stereocenters. The van der Waals surface area contributed by atoms with E-state index in [0.717, 1.165) is 0 Å². The number of nitrogens with two attached hydrogens (primary N) is 1. The summed E-state index contributed by atoms with van der Waals surface area (Å²) in [6.07, 6.45) is 1.30. The molecule has 18 heavy (non-hydrogen) atoms. The molecule has 0 unspecified atom stereocenters. The molecule has 2 N–H and O–H groups in total. The van der Waals surface area contributed by atoms with Crippen LogP contribution in [-0.4, -0.2) is 16.5 Å². The fraction of sp³-hybridized carbons (Fsp3) is 0.167. The van der Waals surface area contributed by atoms with E-state index in [-0.39, 0.29) is 16.7 Å². The Morgan fingerprint density at radius 1 is 1.33 bits per heavy atom. The van der Waals surface area contributed by atoms with Crippen molar-refractivity contribution in [2.24, 2.45) is 0 Å². The minimum absolute atomic E-state index is 0.162. The van der Waals surface area contributed by atoms with Crippen LogP contribution in [0.3, 0.4) is 0 Å². The van der Waals surface area contributed by atoms with Crippen LogP contribution >= 0.6 is 11.6 Å². The Bertz CT molecular complexity index is 562. The number of halogens is 2. The standard InChI is InChI=1S/C12H12ClFN4/c1-2-18(9-6-4-3-5-8(9)14)12-10(15)11(13)16-7-17-12/h3-7H,2,15H2,1H3. The van der Waals surface area contributed by atoms with Crippen molar-refractivity contribution in [3.8, 4) is 0 Å². The van der Waals surface area contributed by atoms with Crippen LogP contribution in [0.2, 0.25) is 5.15 Å². The molecular weight excluding hydrogens is 255 g/mol. The second-order valence-electron chi connectivity index (χ2n) is 3.60. The van der Waals surface area contributed by atoms with Crippen LogP contribution in [0.4, 0.5) is 21.6 Å². The maximum absolute atomic E-state index is 13.8. The lowest BCUT2D eigenvalue weighted by Gasteiger charge is -2.23. The molecule has 94 valence electrons. The Balaban J connectivity index is 2.53. The first-order valence-corrected chi connectivity index (χ1v) is 5.81. The number of hydrogen-bond acceptors (Lipinski definition) is 4. The molecule has 0 radical (unpaired) electrons. The third kappa shape index (κ3) is 2.22. The summed E-state index contributed by atoms with van der Waals surface area (Å²) >= 11 is 5.85. The van der Waals surface area contributed by atoms with E-state index in [1.165, 1.54) is 12.4 Å². The fourth-order valence-electron chi connectivity index (χ4n) is 1.69. The first kappa shape index (κ1) is 12.6. The Labute approximate surface area is 109 Å². The van der Waals surface area contributed by atoms with Gasteiger partial charge < -0.3 is 10.6 Å². The minimum atomic E-state index is -0.339. The van der Waals surface area contributed by atoms with E-state index in [1.54, 1.807) is 23.1 Å². The summed E-state index contributed by atoms with van der Waals surface area (Å²) in [4.78, 5) is 9.50. The maximum atomic E-state index is 13.8. The smallest absolute Gasteiger partial charge is 0.161 e. The van der Waals surface area contributed by atoms with Gasteiger partial charge in [0.05, 0.1) is 5.69 Å². The molecule has 1 aromatic carbocycles. The SMILES string of the molecule is CCN(c1ccccc1F)c1ncnc(Cl)c1N. The normalized spacial score (nSPS) is 10.4. The Morgan fingerprint density at radius 2 is 2.06 bits per heavy atom. The van der Waals surface area contributed by atoms with Crippen molar-refractivity contribution in [1.29, 1.82) is 0 Å². The molecule has 0 aliphatic rings. The number of nitrogen functional groups attached to an aromatic ring is 1. The lowest BCUT2D eigenvalue weighted by Crippen LogP contribution is -2.20. The summed E-state index contributed by atoms with van der Waals surface area (Å²) < 4.78 is 13.8. The number of aromatic nitrogens is 2. The van der Waals surface area contributed by atoms with Crippen molar-refractivity contribution < 1.29 is 4.39 Å². The van der Waals surface area contributed by atoms with E-state index >= 15 is 0 Å². The van der Waals surface area contributed by atoms with E-state index < -0.39 is 0 Å². The highest BCUT2D eigenvalue weighted by atomic mass is 35.5. The molecule has 1 aromatic heterocycles. The second kappa shape index (κ2) is 5.18. The number of para-hydroxylation sites is 1. The second-order valence-corrected chi connectivity index (χ2v) is 3.96. The third-order valence-corrected chi connectivity index (χ3v) is 2.83. The van der Waals surface area contributed by atoms with Crippen molar-refractivity contribution in [2.45, 2.75) is 6.92 Å². The summed E-state index contributed by atoms with van der Waals surface area (Å²) in [6.45, 7) is 2.39. The summed E-state index contributed by atoms with van der Waals surface area (Å²) in [7, 11) is 0. The summed E-state index contributed by atoms with van der Waals surface area (Å²) in [5.41, 5.74) is 6.47. The van der Waals surface area contributed by atoms with Gasteiger partial charge in [0.1, 0.15) is 17.8 Å². The Hall–Kier alpha value is -1.88. The Kier molecular flexibility index (Phi) is 3.62. The van der Waals surface area contributed by atoms with Crippen LogP contribution in [0.25, 0.3) is 0 Å². The van der Waals surface area contributed by atoms with Gasteiger partial charge in [-0.25, -0.2) is 14.4 Å². The third-order valence-electron chi connectivity index (χ3n) is 2.53. The zero-order valence-corrected chi connectivity index (χ0v) is 10.5. The highest BCUT2D eigenvalue weighted by molar-refractivity contribution is 6.32. The highest BCUT2D eigenvalue weighted by Crippen LogP contribution is 2.32. The zero-order valence-electron chi connectivity index (χ0n) is 9.77. The molecule has 2 rings (SSSR count). The minimum Gasteiger partial charge on any atom is -0.393 e. The van der Waals surface area contributed by atoms with Gasteiger partial charge in [0.2, 0.25) is 0 Å². The summed E-state index contributed by atoms with van der Waals surface area (Å²) in [5, 5.41) is 0.162. The lowest BCUT2D eigenvalue weighted by molar-refractivity contribution is 0.625. The van der Waals surface area contributed by atoms with Gasteiger partial charge in [0, 0.05) is 6.54 Å². The number of benzene rings is 1. The van der Waals surface area contributed by atoms with Crippen LogP contribution in [0.1, 0.15) is 6.92 Å². The van der Waals surface area contributed by atoms with Gasteiger partial charge in [-0.1, -0.05) is 23.7 Å². The van der Waals surface area contributed by atoms with Crippen LogP contribution in [0, 0.1) is 5.82 Å². The summed E-state index contributed by atoms with van der Waals surface area (Å²) in [5.74, 6) is 0.0658. The molecule has 0 aliphatic carbocycles.